The molecule has 0 rings (SSSR count). The maximum Gasteiger partial charge on any atom is 0.303 e. The van der Waals surface area contributed by atoms with Gasteiger partial charge in [-0.05, 0) is 26.2 Å². The Bertz CT molecular complexity index is 178. The summed E-state index contributed by atoms with van der Waals surface area (Å²) in [5.41, 5.74) is 0. The third-order valence-electron chi connectivity index (χ3n) is 2.29. The van der Waals surface area contributed by atoms with Crippen LogP contribution < -0.4 is 0 Å². The van der Waals surface area contributed by atoms with Gasteiger partial charge in [0.05, 0.1) is 12.7 Å². The van der Waals surface area contributed by atoms with E-state index in [4.69, 9.17) is 20.1 Å². The summed E-state index contributed by atoms with van der Waals surface area (Å²) in [6.45, 7) is 9.64. The number of carboxylic acid groups (broad SMARTS) is 1. The van der Waals surface area contributed by atoms with E-state index in [0.29, 0.717) is 6.42 Å². The number of aliphatic hydroxyl groups is 2. The summed E-state index contributed by atoms with van der Waals surface area (Å²) >= 11 is 0. The van der Waals surface area contributed by atoms with Crippen LogP contribution in [0.25, 0.3) is 0 Å². The van der Waals surface area contributed by atoms with Crippen LogP contribution in [-0.4, -0.2) is 47.2 Å². The molecule has 21 heavy (non-hydrogen) atoms. The van der Waals surface area contributed by atoms with Crippen LogP contribution in [0.2, 0.25) is 0 Å². The Morgan fingerprint density at radius 1 is 1.00 bits per heavy atom. The molecule has 5 heteroatoms. The summed E-state index contributed by atoms with van der Waals surface area (Å²) in [6.07, 6.45) is 6.43. The first kappa shape index (κ1) is 25.3. The second kappa shape index (κ2) is 24.4. The monoisotopic (exact) mass is 308 g/mol. The van der Waals surface area contributed by atoms with Crippen molar-refractivity contribution in [1.29, 1.82) is 0 Å². The molecule has 0 fully saturated rings. The van der Waals surface area contributed by atoms with Crippen molar-refractivity contribution in [1.82, 2.24) is 0 Å². The number of carbonyl (C=O) groups is 1. The molecule has 0 aliphatic carbocycles. The number of unbranched alkanes of at least 4 members (excludes halogenated alkanes) is 3. The lowest BCUT2D eigenvalue weighted by molar-refractivity contribution is -0.137. The van der Waals surface area contributed by atoms with Crippen LogP contribution in [0.15, 0.2) is 0 Å². The van der Waals surface area contributed by atoms with Crippen molar-refractivity contribution in [2.24, 2.45) is 0 Å². The van der Waals surface area contributed by atoms with Gasteiger partial charge in [0.1, 0.15) is 0 Å². The van der Waals surface area contributed by atoms with Crippen molar-refractivity contribution in [2.45, 2.75) is 78.7 Å². The van der Waals surface area contributed by atoms with Gasteiger partial charge in [0, 0.05) is 19.6 Å². The zero-order chi connectivity index (χ0) is 16.9. The molecule has 0 amide bonds. The molecule has 0 aliphatic heterocycles. The van der Waals surface area contributed by atoms with E-state index >= 15 is 0 Å². The summed E-state index contributed by atoms with van der Waals surface area (Å²) in [6, 6.07) is 0. The van der Waals surface area contributed by atoms with E-state index in [1.807, 2.05) is 6.92 Å². The summed E-state index contributed by atoms with van der Waals surface area (Å²) in [7, 11) is 0. The fourth-order valence-corrected chi connectivity index (χ4v) is 0.923. The quantitative estimate of drug-likeness (QED) is 0.539. The van der Waals surface area contributed by atoms with Gasteiger partial charge >= 0.3 is 5.97 Å². The van der Waals surface area contributed by atoms with Crippen LogP contribution in [0, 0.1) is 0 Å². The van der Waals surface area contributed by atoms with Crippen LogP contribution >= 0.6 is 0 Å². The molecule has 0 aromatic carbocycles. The molecule has 130 valence electrons. The van der Waals surface area contributed by atoms with E-state index in [-0.39, 0.29) is 6.61 Å². The fourth-order valence-electron chi connectivity index (χ4n) is 0.923. The Labute approximate surface area is 130 Å². The topological polar surface area (TPSA) is 87.0 Å². The first-order valence-corrected chi connectivity index (χ1v) is 8.04. The van der Waals surface area contributed by atoms with Crippen LogP contribution in [-0.2, 0) is 9.53 Å². The molecule has 3 N–H and O–H groups in total. The molecule has 1 unspecified atom stereocenters. The van der Waals surface area contributed by atoms with Gasteiger partial charge in [-0.1, -0.05) is 40.0 Å². The molecule has 0 aromatic heterocycles. The molecule has 5 nitrogen and oxygen atoms in total. The van der Waals surface area contributed by atoms with Crippen molar-refractivity contribution in [2.75, 3.05) is 19.8 Å². The second-order valence-corrected chi connectivity index (χ2v) is 4.85. The molecular formula is C16H36O5. The highest BCUT2D eigenvalue weighted by Crippen LogP contribution is 1.91. The normalized spacial score (nSPS) is 10.8. The van der Waals surface area contributed by atoms with Crippen LogP contribution in [0.5, 0.6) is 0 Å². The number of carboxylic acids is 1. The molecule has 1 atom stereocenters. The van der Waals surface area contributed by atoms with E-state index in [1.54, 1.807) is 0 Å². The largest absolute Gasteiger partial charge is 0.481 e. The summed E-state index contributed by atoms with van der Waals surface area (Å²) in [4.78, 5) is 9.76. The lowest BCUT2D eigenvalue weighted by Gasteiger charge is -1.99. The minimum absolute atomic E-state index is 0.139. The predicted octanol–water partition coefficient (Wildman–Crippen LogP) is 3.22. The number of aliphatic hydroxyl groups excluding tert-OH is 2. The molecule has 0 heterocycles. The zero-order valence-corrected chi connectivity index (χ0v) is 14.3. The number of ether oxygens (including phenoxy) is 1. The van der Waals surface area contributed by atoms with Gasteiger partial charge in [0.15, 0.2) is 0 Å². The minimum Gasteiger partial charge on any atom is -0.481 e. The fraction of sp³-hybridized carbons (Fsp3) is 0.938. The van der Waals surface area contributed by atoms with Gasteiger partial charge in [-0.2, -0.15) is 0 Å². The lowest BCUT2D eigenvalue weighted by atomic mass is 10.3. The average molecular weight is 308 g/mol. The van der Waals surface area contributed by atoms with Crippen molar-refractivity contribution >= 4 is 5.97 Å². The smallest absolute Gasteiger partial charge is 0.303 e. The standard InChI is InChI=1S/C8H18O.C5H10O2.C3H8O2/c1-3-5-7-9-8-6-4-2;1-2-3-4-5(6)7;1-3(5)2-4/h3-8H2,1-2H3;2-4H2,1H3,(H,6,7);3-5H,2H2,1H3. The molecule has 0 radical (unpaired) electrons. The maximum absolute atomic E-state index is 9.76. The molecule has 0 aromatic rings. The van der Waals surface area contributed by atoms with Gasteiger partial charge in [-0.15, -0.1) is 0 Å². The van der Waals surface area contributed by atoms with E-state index < -0.39 is 12.1 Å². The van der Waals surface area contributed by atoms with Crippen molar-refractivity contribution in [3.63, 3.8) is 0 Å². The van der Waals surface area contributed by atoms with Crippen molar-refractivity contribution in [3.8, 4) is 0 Å². The zero-order valence-electron chi connectivity index (χ0n) is 14.3. The molecule has 0 saturated carbocycles. The molecule has 0 aliphatic rings. The van der Waals surface area contributed by atoms with E-state index in [2.05, 4.69) is 13.8 Å². The van der Waals surface area contributed by atoms with Crippen LogP contribution in [0.1, 0.15) is 72.6 Å². The first-order valence-electron chi connectivity index (χ1n) is 8.04. The van der Waals surface area contributed by atoms with E-state index in [1.165, 1.54) is 32.6 Å². The predicted molar refractivity (Wildman–Crippen MR) is 86.6 cm³/mol. The highest BCUT2D eigenvalue weighted by atomic mass is 16.5. The highest BCUT2D eigenvalue weighted by Gasteiger charge is 1.90. The third kappa shape index (κ3) is 45.2. The molecule has 0 spiro atoms. The van der Waals surface area contributed by atoms with Crippen molar-refractivity contribution < 1.29 is 24.9 Å². The Kier molecular flexibility index (Phi) is 29.4. The highest BCUT2D eigenvalue weighted by molar-refractivity contribution is 5.66. The second-order valence-electron chi connectivity index (χ2n) is 4.85. The van der Waals surface area contributed by atoms with Crippen LogP contribution in [0.4, 0.5) is 0 Å². The minimum atomic E-state index is -0.693. The Hall–Kier alpha value is -0.650. The lowest BCUT2D eigenvalue weighted by Crippen LogP contribution is -2.03. The average Bonchev–Trinajstić information content (AvgIpc) is 2.46. The van der Waals surface area contributed by atoms with Gasteiger partial charge in [0.25, 0.3) is 0 Å². The van der Waals surface area contributed by atoms with Gasteiger partial charge in [-0.25, -0.2) is 0 Å². The Morgan fingerprint density at radius 2 is 1.38 bits per heavy atom. The molecular weight excluding hydrogens is 272 g/mol. The number of aliphatic carboxylic acids is 1. The molecule has 0 bridgehead atoms. The van der Waals surface area contributed by atoms with Crippen LogP contribution in [0.3, 0.4) is 0 Å². The van der Waals surface area contributed by atoms with Gasteiger partial charge in [-0.3, -0.25) is 4.79 Å². The number of hydrogen-bond acceptors (Lipinski definition) is 4. The van der Waals surface area contributed by atoms with Gasteiger partial charge in [0.2, 0.25) is 0 Å². The van der Waals surface area contributed by atoms with Crippen molar-refractivity contribution in [3.05, 3.63) is 0 Å². The summed E-state index contributed by atoms with van der Waals surface area (Å²) < 4.78 is 5.31. The summed E-state index contributed by atoms with van der Waals surface area (Å²) in [5.74, 6) is -0.693. The number of rotatable bonds is 10. The third-order valence-corrected chi connectivity index (χ3v) is 2.29. The SMILES string of the molecule is CC(O)CO.CCCCC(=O)O.CCCCOCCCC. The Balaban J connectivity index is -0.000000242. The summed E-state index contributed by atoms with van der Waals surface area (Å²) in [5, 5.41) is 24.0. The first-order chi connectivity index (χ1) is 9.95. The number of hydrogen-bond donors (Lipinski definition) is 3. The van der Waals surface area contributed by atoms with Gasteiger partial charge < -0.3 is 20.1 Å². The van der Waals surface area contributed by atoms with E-state index in [0.717, 1.165) is 26.1 Å². The molecule has 0 saturated heterocycles. The Morgan fingerprint density at radius 3 is 1.57 bits per heavy atom. The maximum atomic E-state index is 9.76. The van der Waals surface area contributed by atoms with E-state index in [9.17, 15) is 4.79 Å².